The van der Waals surface area contributed by atoms with Crippen molar-refractivity contribution in [2.45, 2.75) is 19.8 Å². The number of nitrogens with zero attached hydrogens (tertiary/aromatic N) is 1. The van der Waals surface area contributed by atoms with E-state index in [2.05, 4.69) is 10.3 Å². The molecule has 0 saturated carbocycles. The fourth-order valence-electron chi connectivity index (χ4n) is 2.72. The van der Waals surface area contributed by atoms with Gasteiger partial charge in [0.05, 0.1) is 7.11 Å². The van der Waals surface area contributed by atoms with Crippen LogP contribution >= 0.6 is 0 Å². The average Bonchev–Trinajstić information content (AvgIpc) is 2.93. The van der Waals surface area contributed by atoms with Crippen LogP contribution in [0.1, 0.15) is 23.1 Å². The van der Waals surface area contributed by atoms with Crippen molar-refractivity contribution in [3.05, 3.63) is 70.9 Å². The summed E-state index contributed by atoms with van der Waals surface area (Å²) >= 11 is 0. The number of rotatable bonds is 5. The molecule has 24 heavy (non-hydrogen) atoms. The molecule has 1 aliphatic heterocycles. The Balaban J connectivity index is 1.72. The van der Waals surface area contributed by atoms with Crippen LogP contribution in [0, 0.1) is 6.92 Å². The minimum Gasteiger partial charge on any atom is -0.496 e. The zero-order valence-electron chi connectivity index (χ0n) is 13.9. The highest BCUT2D eigenvalue weighted by molar-refractivity contribution is 6.14. The second-order valence-electron chi connectivity index (χ2n) is 5.77. The molecule has 0 atom stereocenters. The lowest BCUT2D eigenvalue weighted by molar-refractivity contribution is -0.115. The van der Waals surface area contributed by atoms with Crippen molar-refractivity contribution in [2.75, 3.05) is 7.11 Å². The van der Waals surface area contributed by atoms with E-state index < -0.39 is 0 Å². The minimum absolute atomic E-state index is 0.147. The number of hydrogen-bond donors (Lipinski definition) is 1. The SMILES string of the molecule is COc1ccccc1CCC1=N/C(=C/c2cccc(C)c2)C(=O)N1. The molecule has 1 aliphatic rings. The molecule has 0 aliphatic carbocycles. The van der Waals surface area contributed by atoms with E-state index in [-0.39, 0.29) is 5.91 Å². The number of amides is 1. The van der Waals surface area contributed by atoms with Crippen molar-refractivity contribution in [1.82, 2.24) is 5.32 Å². The Hall–Kier alpha value is -2.88. The lowest BCUT2D eigenvalue weighted by Gasteiger charge is -2.07. The molecule has 4 nitrogen and oxygen atoms in total. The molecule has 122 valence electrons. The highest BCUT2D eigenvalue weighted by Gasteiger charge is 2.19. The molecule has 0 spiro atoms. The van der Waals surface area contributed by atoms with Gasteiger partial charge in [-0.15, -0.1) is 0 Å². The molecule has 1 heterocycles. The van der Waals surface area contributed by atoms with Gasteiger partial charge < -0.3 is 10.1 Å². The lowest BCUT2D eigenvalue weighted by Crippen LogP contribution is -2.24. The molecule has 1 amide bonds. The number of benzene rings is 2. The topological polar surface area (TPSA) is 50.7 Å². The monoisotopic (exact) mass is 320 g/mol. The van der Waals surface area contributed by atoms with Crippen molar-refractivity contribution in [3.8, 4) is 5.75 Å². The number of aliphatic imine (C=N–C) groups is 1. The quantitative estimate of drug-likeness (QED) is 0.857. The third-order valence-electron chi connectivity index (χ3n) is 3.92. The standard InChI is InChI=1S/C20H20N2O2/c1-14-6-5-7-15(12-14)13-17-20(23)22-19(21-17)11-10-16-8-3-4-9-18(16)24-2/h3-9,12-13H,10-11H2,1-2H3,(H,21,22,23)/b17-13+. The number of carbonyl (C=O) groups is 1. The van der Waals surface area contributed by atoms with Crippen molar-refractivity contribution in [2.24, 2.45) is 4.99 Å². The van der Waals surface area contributed by atoms with Crippen LogP contribution in [-0.4, -0.2) is 18.9 Å². The van der Waals surface area contributed by atoms with Gasteiger partial charge in [0.2, 0.25) is 0 Å². The predicted octanol–water partition coefficient (Wildman–Crippen LogP) is 3.51. The Bertz CT molecular complexity index is 822. The zero-order chi connectivity index (χ0) is 16.9. The van der Waals surface area contributed by atoms with E-state index >= 15 is 0 Å². The van der Waals surface area contributed by atoms with Crippen LogP contribution in [0.5, 0.6) is 5.75 Å². The number of methoxy groups -OCH3 is 1. The average molecular weight is 320 g/mol. The Kier molecular flexibility index (Phi) is 4.75. The van der Waals surface area contributed by atoms with E-state index in [1.807, 2.05) is 61.5 Å². The van der Waals surface area contributed by atoms with Gasteiger partial charge in [0.25, 0.3) is 5.91 Å². The van der Waals surface area contributed by atoms with Crippen LogP contribution in [-0.2, 0) is 11.2 Å². The highest BCUT2D eigenvalue weighted by Crippen LogP contribution is 2.20. The van der Waals surface area contributed by atoms with Crippen molar-refractivity contribution >= 4 is 17.8 Å². The second kappa shape index (κ2) is 7.13. The first-order valence-corrected chi connectivity index (χ1v) is 7.95. The Morgan fingerprint density at radius 1 is 1.12 bits per heavy atom. The van der Waals surface area contributed by atoms with Crippen LogP contribution < -0.4 is 10.1 Å². The number of aryl methyl sites for hydroxylation is 2. The molecule has 0 fully saturated rings. The van der Waals surface area contributed by atoms with Gasteiger partial charge in [0.15, 0.2) is 0 Å². The number of ether oxygens (including phenoxy) is 1. The van der Waals surface area contributed by atoms with E-state index in [9.17, 15) is 4.79 Å². The van der Waals surface area contributed by atoms with Crippen molar-refractivity contribution < 1.29 is 9.53 Å². The molecule has 4 heteroatoms. The van der Waals surface area contributed by atoms with Crippen molar-refractivity contribution in [1.29, 1.82) is 0 Å². The van der Waals surface area contributed by atoms with E-state index in [0.29, 0.717) is 18.0 Å². The summed E-state index contributed by atoms with van der Waals surface area (Å²) in [6, 6.07) is 15.9. The maximum atomic E-state index is 12.1. The fraction of sp³-hybridized carbons (Fsp3) is 0.200. The van der Waals surface area contributed by atoms with Gasteiger partial charge in [-0.05, 0) is 36.6 Å². The van der Waals surface area contributed by atoms with Gasteiger partial charge >= 0.3 is 0 Å². The van der Waals surface area contributed by atoms with E-state index in [4.69, 9.17) is 4.74 Å². The Morgan fingerprint density at radius 2 is 1.96 bits per heavy atom. The molecule has 0 saturated heterocycles. The predicted molar refractivity (Wildman–Crippen MR) is 96.0 cm³/mol. The molecule has 0 bridgehead atoms. The molecule has 0 unspecified atom stereocenters. The third kappa shape index (κ3) is 3.71. The number of amidine groups is 1. The van der Waals surface area contributed by atoms with E-state index in [1.54, 1.807) is 7.11 Å². The first-order chi connectivity index (χ1) is 11.7. The van der Waals surface area contributed by atoms with Gasteiger partial charge in [-0.1, -0.05) is 48.0 Å². The molecule has 2 aromatic carbocycles. The molecule has 0 radical (unpaired) electrons. The molecule has 2 aromatic rings. The smallest absolute Gasteiger partial charge is 0.275 e. The van der Waals surface area contributed by atoms with E-state index in [0.717, 1.165) is 28.9 Å². The summed E-state index contributed by atoms with van der Waals surface area (Å²) in [5.41, 5.74) is 3.70. The molecular formula is C20H20N2O2. The van der Waals surface area contributed by atoms with Gasteiger partial charge in [-0.3, -0.25) is 4.79 Å². The number of hydrogen-bond acceptors (Lipinski definition) is 3. The molecule has 3 rings (SSSR count). The summed E-state index contributed by atoms with van der Waals surface area (Å²) in [5.74, 6) is 1.41. The summed E-state index contributed by atoms with van der Waals surface area (Å²) in [6.07, 6.45) is 3.25. The summed E-state index contributed by atoms with van der Waals surface area (Å²) in [5, 5.41) is 2.85. The van der Waals surface area contributed by atoms with Crippen molar-refractivity contribution in [3.63, 3.8) is 0 Å². The van der Waals surface area contributed by atoms with Gasteiger partial charge in [-0.2, -0.15) is 0 Å². The molecule has 1 N–H and O–H groups in total. The van der Waals surface area contributed by atoms with Crippen LogP contribution in [0.2, 0.25) is 0 Å². The largest absolute Gasteiger partial charge is 0.496 e. The second-order valence-corrected chi connectivity index (χ2v) is 5.77. The normalized spacial score (nSPS) is 15.3. The van der Waals surface area contributed by atoms with E-state index in [1.165, 1.54) is 0 Å². The summed E-state index contributed by atoms with van der Waals surface area (Å²) in [7, 11) is 1.66. The number of para-hydroxylation sites is 1. The summed E-state index contributed by atoms with van der Waals surface area (Å²) in [4.78, 5) is 16.5. The maximum Gasteiger partial charge on any atom is 0.275 e. The van der Waals surface area contributed by atoms with Crippen LogP contribution in [0.15, 0.2) is 59.2 Å². The van der Waals surface area contributed by atoms with Crippen LogP contribution in [0.3, 0.4) is 0 Å². The summed E-state index contributed by atoms with van der Waals surface area (Å²) < 4.78 is 5.35. The zero-order valence-corrected chi connectivity index (χ0v) is 13.9. The summed E-state index contributed by atoms with van der Waals surface area (Å²) in [6.45, 7) is 2.03. The van der Waals surface area contributed by atoms with Crippen LogP contribution in [0.25, 0.3) is 6.08 Å². The molecular weight excluding hydrogens is 300 g/mol. The number of carbonyl (C=O) groups excluding carboxylic acids is 1. The van der Waals surface area contributed by atoms with Gasteiger partial charge in [-0.25, -0.2) is 4.99 Å². The minimum atomic E-state index is -0.147. The first-order valence-electron chi connectivity index (χ1n) is 7.95. The van der Waals surface area contributed by atoms with Crippen LogP contribution in [0.4, 0.5) is 0 Å². The van der Waals surface area contributed by atoms with Gasteiger partial charge in [0, 0.05) is 6.42 Å². The lowest BCUT2D eigenvalue weighted by atomic mass is 10.1. The number of nitrogens with one attached hydrogen (secondary N) is 1. The van der Waals surface area contributed by atoms with Gasteiger partial charge in [0.1, 0.15) is 17.3 Å². The Labute approximate surface area is 141 Å². The maximum absolute atomic E-state index is 12.1. The third-order valence-corrected chi connectivity index (χ3v) is 3.92. The Morgan fingerprint density at radius 3 is 2.75 bits per heavy atom. The first kappa shape index (κ1) is 16.0. The fourth-order valence-corrected chi connectivity index (χ4v) is 2.72. The highest BCUT2D eigenvalue weighted by atomic mass is 16.5. The molecule has 0 aromatic heterocycles.